The number of hydrogen-bond acceptors (Lipinski definition) is 8. The molecule has 0 heterocycles. The number of ether oxygens (including phenoxy) is 4. The summed E-state index contributed by atoms with van der Waals surface area (Å²) in [5.74, 6) is 5.59. The highest BCUT2D eigenvalue weighted by molar-refractivity contribution is 5.94. The van der Waals surface area contributed by atoms with E-state index in [4.69, 9.17) is 18.9 Å². The molecule has 4 aromatic rings. The van der Waals surface area contributed by atoms with E-state index in [1.54, 1.807) is 24.3 Å². The second-order valence-corrected chi connectivity index (χ2v) is 12.9. The van der Waals surface area contributed by atoms with Crippen molar-refractivity contribution >= 4 is 23.5 Å². The first kappa shape index (κ1) is 45.9. The fourth-order valence-corrected chi connectivity index (χ4v) is 4.53. The van der Waals surface area contributed by atoms with Gasteiger partial charge in [-0.25, -0.2) is 14.0 Å². The fraction of sp³-hybridized carbons (Fsp3) is 0.277. The van der Waals surface area contributed by atoms with Crippen LogP contribution in [0.1, 0.15) is 87.7 Å². The van der Waals surface area contributed by atoms with E-state index in [1.165, 1.54) is 55.2 Å². The molecule has 4 rings (SSSR count). The van der Waals surface area contributed by atoms with Crippen LogP contribution in [-0.2, 0) is 19.1 Å². The topological polar surface area (TPSA) is 105 Å². The minimum Gasteiger partial charge on any atom is -0.494 e. The molecule has 0 amide bonds. The van der Waals surface area contributed by atoms with Gasteiger partial charge in [-0.3, -0.25) is 9.59 Å². The molecule has 0 saturated heterocycles. The van der Waals surface area contributed by atoms with Crippen molar-refractivity contribution in [1.82, 2.24) is 0 Å². The Morgan fingerprint density at radius 2 is 1.18 bits per heavy atom. The summed E-state index contributed by atoms with van der Waals surface area (Å²) in [6, 6.07) is 23.8. The smallest absolute Gasteiger partial charge is 0.333 e. The predicted octanol–water partition coefficient (Wildman–Crippen LogP) is 9.62. The normalized spacial score (nSPS) is 9.79. The van der Waals surface area contributed by atoms with Crippen molar-refractivity contribution in [3.05, 3.63) is 154 Å². The van der Waals surface area contributed by atoms with Crippen LogP contribution in [0.3, 0.4) is 0 Å². The Labute approximate surface area is 330 Å². The Morgan fingerprint density at radius 3 is 1.68 bits per heavy atom. The van der Waals surface area contributed by atoms with Crippen LogP contribution < -0.4 is 9.47 Å². The van der Waals surface area contributed by atoms with E-state index in [1.807, 2.05) is 0 Å². The van der Waals surface area contributed by atoms with Crippen LogP contribution in [-0.4, -0.2) is 49.9 Å². The molecule has 56 heavy (non-hydrogen) atoms. The Hall–Kier alpha value is -6.27. The first-order chi connectivity index (χ1) is 26.6. The molecule has 294 valence electrons. The van der Waals surface area contributed by atoms with Crippen LogP contribution in [0.5, 0.6) is 11.5 Å². The quantitative estimate of drug-likeness (QED) is 0.0411. The third-order valence-electron chi connectivity index (χ3n) is 7.86. The SMILES string of the molecule is C=C(C)C(=O)OCCOc1ccc(C(C)=O)cc1F.C=CC(=O)OCCCCOc1ccc(C(C)=O)cc1.Cc1ccc(C)c(C#Cc2cc(C)ccc2C)c1. The van der Waals surface area contributed by atoms with Gasteiger partial charge in [0.1, 0.15) is 19.0 Å². The Bertz CT molecular complexity index is 2000. The van der Waals surface area contributed by atoms with Crippen LogP contribution in [0.2, 0.25) is 0 Å². The first-order valence-corrected chi connectivity index (χ1v) is 18.1. The van der Waals surface area contributed by atoms with Gasteiger partial charge in [0.2, 0.25) is 0 Å². The molecule has 0 aliphatic heterocycles. The molecule has 9 heteroatoms. The summed E-state index contributed by atoms with van der Waals surface area (Å²) in [5, 5.41) is 0. The van der Waals surface area contributed by atoms with Gasteiger partial charge in [0, 0.05) is 33.9 Å². The first-order valence-electron chi connectivity index (χ1n) is 18.1. The van der Waals surface area contributed by atoms with Crippen LogP contribution in [0.15, 0.2) is 104 Å². The van der Waals surface area contributed by atoms with Gasteiger partial charge in [0.25, 0.3) is 0 Å². The van der Waals surface area contributed by atoms with Crippen molar-refractivity contribution in [2.24, 2.45) is 0 Å². The summed E-state index contributed by atoms with van der Waals surface area (Å²) >= 11 is 0. The largest absolute Gasteiger partial charge is 0.494 e. The molecule has 0 aliphatic carbocycles. The number of carbonyl (C=O) groups excluding carboxylic acids is 4. The van der Waals surface area contributed by atoms with Gasteiger partial charge in [0.15, 0.2) is 23.1 Å². The number of carbonyl (C=O) groups is 4. The van der Waals surface area contributed by atoms with Crippen LogP contribution >= 0.6 is 0 Å². The third-order valence-corrected chi connectivity index (χ3v) is 7.86. The molecule has 0 N–H and O–H groups in total. The highest BCUT2D eigenvalue weighted by Crippen LogP contribution is 2.19. The molecule has 0 aromatic heterocycles. The molecule has 0 atom stereocenters. The summed E-state index contributed by atoms with van der Waals surface area (Å²) in [7, 11) is 0. The highest BCUT2D eigenvalue weighted by atomic mass is 19.1. The van der Waals surface area contributed by atoms with E-state index in [0.717, 1.165) is 41.9 Å². The van der Waals surface area contributed by atoms with E-state index in [0.29, 0.717) is 18.8 Å². The zero-order valence-electron chi connectivity index (χ0n) is 33.4. The van der Waals surface area contributed by atoms with Crippen LogP contribution in [0.4, 0.5) is 4.39 Å². The Balaban J connectivity index is 0.000000290. The van der Waals surface area contributed by atoms with E-state index in [2.05, 4.69) is 89.1 Å². The molecule has 0 fully saturated rings. The van der Waals surface area contributed by atoms with Gasteiger partial charge in [-0.05, 0) is 138 Å². The van der Waals surface area contributed by atoms with E-state index >= 15 is 0 Å². The lowest BCUT2D eigenvalue weighted by atomic mass is 10.0. The van der Waals surface area contributed by atoms with Crippen LogP contribution in [0, 0.1) is 45.4 Å². The molecule has 0 unspecified atom stereocenters. The Morgan fingerprint density at radius 1 is 0.643 bits per heavy atom. The maximum absolute atomic E-state index is 13.5. The van der Waals surface area contributed by atoms with Gasteiger partial charge in [-0.2, -0.15) is 0 Å². The number of halogens is 1. The third kappa shape index (κ3) is 17.3. The lowest BCUT2D eigenvalue weighted by molar-refractivity contribution is -0.140. The maximum Gasteiger partial charge on any atom is 0.333 e. The van der Waals surface area contributed by atoms with Crippen molar-refractivity contribution in [2.75, 3.05) is 26.4 Å². The van der Waals surface area contributed by atoms with Gasteiger partial charge >= 0.3 is 11.9 Å². The monoisotopic (exact) mass is 762 g/mol. The molecule has 4 aromatic carbocycles. The summed E-state index contributed by atoms with van der Waals surface area (Å²) < 4.78 is 33.8. The summed E-state index contributed by atoms with van der Waals surface area (Å²) in [4.78, 5) is 43.9. The minimum absolute atomic E-state index is 0.000404. The van der Waals surface area contributed by atoms with Crippen molar-refractivity contribution in [3.63, 3.8) is 0 Å². The standard InChI is InChI=1S/C18H18.C15H18O4.C14H15FO4/c1-13-5-7-15(3)17(11-13)9-10-18-12-14(2)6-8-16(18)4;1-3-15(17)19-11-5-4-10-18-14-8-6-13(7-9-14)12(2)16;1-9(2)14(17)19-7-6-18-13-5-4-11(10(3)16)8-12(13)15/h5-8,11-12H,1-4H3;3,6-9H,1,4-5,10-11H2,2H3;4-5,8H,1,6-7H2,2-3H3. The highest BCUT2D eigenvalue weighted by Gasteiger charge is 2.08. The fourth-order valence-electron chi connectivity index (χ4n) is 4.53. The lowest BCUT2D eigenvalue weighted by Crippen LogP contribution is -2.13. The number of rotatable bonds is 14. The second-order valence-electron chi connectivity index (χ2n) is 12.9. The lowest BCUT2D eigenvalue weighted by Gasteiger charge is -2.08. The summed E-state index contributed by atoms with van der Waals surface area (Å²) in [6.07, 6.45) is 2.68. The summed E-state index contributed by atoms with van der Waals surface area (Å²) in [5.41, 5.74) is 8.46. The maximum atomic E-state index is 13.5. The van der Waals surface area contributed by atoms with Gasteiger partial charge < -0.3 is 18.9 Å². The number of esters is 2. The number of hydrogen-bond donors (Lipinski definition) is 0. The van der Waals surface area contributed by atoms with Crippen molar-refractivity contribution in [2.45, 2.75) is 61.3 Å². The second kappa shape index (κ2) is 24.2. The molecule has 0 bridgehead atoms. The molecule has 0 aliphatic rings. The number of unbranched alkanes of at least 4 members (excludes halogenated alkanes) is 1. The molecule has 8 nitrogen and oxygen atoms in total. The van der Waals surface area contributed by atoms with Crippen molar-refractivity contribution < 1.29 is 42.5 Å². The number of aryl methyl sites for hydroxylation is 4. The molecular weight excluding hydrogens is 712 g/mol. The zero-order chi connectivity index (χ0) is 41.6. The predicted molar refractivity (Wildman–Crippen MR) is 218 cm³/mol. The molecule has 0 radical (unpaired) electrons. The van der Waals surface area contributed by atoms with Gasteiger partial charge in [-0.15, -0.1) is 0 Å². The molecular formula is C47H51FO8. The van der Waals surface area contributed by atoms with E-state index < -0.39 is 17.8 Å². The van der Waals surface area contributed by atoms with Crippen molar-refractivity contribution in [3.8, 4) is 23.3 Å². The molecule has 0 spiro atoms. The van der Waals surface area contributed by atoms with E-state index in [-0.39, 0.29) is 41.7 Å². The van der Waals surface area contributed by atoms with E-state index in [9.17, 15) is 23.6 Å². The Kier molecular flexibility index (Phi) is 19.8. The summed E-state index contributed by atoms with van der Waals surface area (Å²) in [6.45, 7) is 20.5. The van der Waals surface area contributed by atoms with Crippen LogP contribution in [0.25, 0.3) is 0 Å². The minimum atomic E-state index is -0.626. The average molecular weight is 763 g/mol. The van der Waals surface area contributed by atoms with Gasteiger partial charge in [-0.1, -0.05) is 49.3 Å². The number of Topliss-reactive ketones (excluding diaryl/α,β-unsaturated/α-hetero) is 2. The molecule has 0 saturated carbocycles. The average Bonchev–Trinajstić information content (AvgIpc) is 3.17. The zero-order valence-corrected chi connectivity index (χ0v) is 33.4. The number of ketones is 2. The van der Waals surface area contributed by atoms with Gasteiger partial charge in [0.05, 0.1) is 13.2 Å². The van der Waals surface area contributed by atoms with Crippen molar-refractivity contribution in [1.29, 1.82) is 0 Å². The number of benzene rings is 4.